The second kappa shape index (κ2) is 7.27. The normalized spacial score (nSPS) is 9.41. The number of hydrogen-bond donors (Lipinski definition) is 1. The van der Waals surface area contributed by atoms with E-state index in [1.54, 1.807) is 12.1 Å². The summed E-state index contributed by atoms with van der Waals surface area (Å²) in [5.74, 6) is 0.175. The van der Waals surface area contributed by atoms with E-state index in [-0.39, 0.29) is 5.75 Å². The Morgan fingerprint density at radius 2 is 1.47 bits per heavy atom. The molecule has 0 atom stereocenters. The van der Waals surface area contributed by atoms with Crippen LogP contribution in [-0.2, 0) is 0 Å². The summed E-state index contributed by atoms with van der Waals surface area (Å²) < 4.78 is 1.80. The SMILES string of the molecule is Clc1cccc(Br)c1.Oc1cc(Cl)cc(Br)c1. The second-order valence-corrected chi connectivity index (χ2v) is 5.77. The number of halogens is 4. The van der Waals surface area contributed by atoms with Gasteiger partial charge in [-0.25, -0.2) is 0 Å². The lowest BCUT2D eigenvalue weighted by molar-refractivity contribution is 0.475. The molecule has 5 heteroatoms. The first kappa shape index (κ1) is 14.8. The molecule has 0 bridgehead atoms. The van der Waals surface area contributed by atoms with Gasteiger partial charge in [-0.3, -0.25) is 0 Å². The fraction of sp³-hybridized carbons (Fsp3) is 0. The van der Waals surface area contributed by atoms with E-state index in [0.29, 0.717) is 5.02 Å². The number of hydrogen-bond acceptors (Lipinski definition) is 1. The Bertz CT molecular complexity index is 436. The predicted octanol–water partition coefficient (Wildman–Crippen LogP) is 5.91. The van der Waals surface area contributed by atoms with Gasteiger partial charge in [0, 0.05) is 19.0 Å². The third-order valence-electron chi connectivity index (χ3n) is 1.63. The molecule has 0 unspecified atom stereocenters. The zero-order chi connectivity index (χ0) is 12.8. The summed E-state index contributed by atoms with van der Waals surface area (Å²) in [6.45, 7) is 0. The molecule has 0 fully saturated rings. The van der Waals surface area contributed by atoms with E-state index in [1.807, 2.05) is 24.3 Å². The average Bonchev–Trinajstić information content (AvgIpc) is 2.15. The van der Waals surface area contributed by atoms with Crippen LogP contribution in [0.15, 0.2) is 51.4 Å². The smallest absolute Gasteiger partial charge is 0.118 e. The monoisotopic (exact) mass is 396 g/mol. The molecule has 90 valence electrons. The van der Waals surface area contributed by atoms with Gasteiger partial charge in [0.2, 0.25) is 0 Å². The molecule has 0 heterocycles. The van der Waals surface area contributed by atoms with Crippen LogP contribution in [-0.4, -0.2) is 5.11 Å². The van der Waals surface area contributed by atoms with Gasteiger partial charge in [-0.2, -0.15) is 0 Å². The summed E-state index contributed by atoms with van der Waals surface area (Å²) >= 11 is 17.6. The summed E-state index contributed by atoms with van der Waals surface area (Å²) in [6, 6.07) is 12.3. The topological polar surface area (TPSA) is 20.2 Å². The highest BCUT2D eigenvalue weighted by atomic mass is 79.9. The number of benzene rings is 2. The lowest BCUT2D eigenvalue weighted by Gasteiger charge is -1.92. The zero-order valence-corrected chi connectivity index (χ0v) is 13.2. The van der Waals surface area contributed by atoms with Crippen molar-refractivity contribution >= 4 is 55.1 Å². The molecular formula is C12H8Br2Cl2O. The van der Waals surface area contributed by atoms with Crippen molar-refractivity contribution in [3.8, 4) is 5.75 Å². The minimum Gasteiger partial charge on any atom is -0.508 e. The van der Waals surface area contributed by atoms with E-state index in [2.05, 4.69) is 31.9 Å². The maximum Gasteiger partial charge on any atom is 0.118 e. The Labute approximate surface area is 127 Å². The van der Waals surface area contributed by atoms with E-state index in [4.69, 9.17) is 28.3 Å². The maximum absolute atomic E-state index is 8.88. The molecule has 0 radical (unpaired) electrons. The lowest BCUT2D eigenvalue weighted by Crippen LogP contribution is -1.66. The van der Waals surface area contributed by atoms with Crippen molar-refractivity contribution in [2.24, 2.45) is 0 Å². The Kier molecular flexibility index (Phi) is 6.34. The maximum atomic E-state index is 8.88. The van der Waals surface area contributed by atoms with Crippen LogP contribution in [0.2, 0.25) is 10.0 Å². The standard InChI is InChI=1S/C6H4BrClO.C6H4BrCl/c7-4-1-5(8)3-6(9)2-4;7-5-2-1-3-6(8)4-5/h1-3,9H;1-4H. The molecule has 0 aliphatic heterocycles. The predicted molar refractivity (Wildman–Crippen MR) is 80.0 cm³/mol. The summed E-state index contributed by atoms with van der Waals surface area (Å²) in [6.07, 6.45) is 0. The van der Waals surface area contributed by atoms with Crippen molar-refractivity contribution in [3.63, 3.8) is 0 Å². The largest absolute Gasteiger partial charge is 0.508 e. The molecule has 0 spiro atoms. The Morgan fingerprint density at radius 1 is 0.824 bits per heavy atom. The Morgan fingerprint density at radius 3 is 1.88 bits per heavy atom. The van der Waals surface area contributed by atoms with Crippen LogP contribution in [0.3, 0.4) is 0 Å². The van der Waals surface area contributed by atoms with Crippen molar-refractivity contribution in [2.75, 3.05) is 0 Å². The van der Waals surface area contributed by atoms with Gasteiger partial charge in [0.05, 0.1) is 0 Å². The quantitative estimate of drug-likeness (QED) is 0.584. The minimum atomic E-state index is 0.175. The average molecular weight is 399 g/mol. The first-order valence-corrected chi connectivity index (χ1v) is 6.87. The molecule has 2 aromatic rings. The van der Waals surface area contributed by atoms with Gasteiger partial charge in [-0.1, -0.05) is 61.1 Å². The molecule has 0 aromatic heterocycles. The van der Waals surface area contributed by atoms with Crippen LogP contribution in [0.4, 0.5) is 0 Å². The highest BCUT2D eigenvalue weighted by Crippen LogP contribution is 2.22. The Hall–Kier alpha value is -0.220. The molecule has 0 aliphatic rings. The molecule has 17 heavy (non-hydrogen) atoms. The first-order valence-electron chi connectivity index (χ1n) is 4.53. The summed E-state index contributed by atoms with van der Waals surface area (Å²) in [7, 11) is 0. The molecule has 0 amide bonds. The van der Waals surface area contributed by atoms with Gasteiger partial charge in [0.25, 0.3) is 0 Å². The summed E-state index contributed by atoms with van der Waals surface area (Å²) in [5, 5.41) is 10.2. The molecule has 1 N–H and O–H groups in total. The van der Waals surface area contributed by atoms with Crippen molar-refractivity contribution in [3.05, 3.63) is 61.5 Å². The molecule has 2 rings (SSSR count). The number of rotatable bonds is 0. The lowest BCUT2D eigenvalue weighted by atomic mass is 10.3. The highest BCUT2D eigenvalue weighted by molar-refractivity contribution is 9.10. The van der Waals surface area contributed by atoms with Crippen LogP contribution < -0.4 is 0 Å². The molecule has 1 nitrogen and oxygen atoms in total. The van der Waals surface area contributed by atoms with Crippen LogP contribution >= 0.6 is 55.1 Å². The van der Waals surface area contributed by atoms with Gasteiger partial charge in [0.15, 0.2) is 0 Å². The first-order chi connectivity index (χ1) is 7.97. The number of phenolic OH excluding ortho intramolecular Hbond substituents is 1. The van der Waals surface area contributed by atoms with Crippen molar-refractivity contribution < 1.29 is 5.11 Å². The van der Waals surface area contributed by atoms with E-state index in [1.165, 1.54) is 6.07 Å². The van der Waals surface area contributed by atoms with Gasteiger partial charge in [0.1, 0.15) is 5.75 Å². The molecule has 0 aliphatic carbocycles. The highest BCUT2D eigenvalue weighted by Gasteiger charge is 1.92. The van der Waals surface area contributed by atoms with Gasteiger partial charge in [-0.05, 0) is 36.4 Å². The molecule has 0 saturated heterocycles. The van der Waals surface area contributed by atoms with Crippen LogP contribution in [0.5, 0.6) is 5.75 Å². The third kappa shape index (κ3) is 6.32. The third-order valence-corrected chi connectivity index (χ3v) is 3.04. The van der Waals surface area contributed by atoms with E-state index in [0.717, 1.165) is 14.0 Å². The van der Waals surface area contributed by atoms with Gasteiger partial charge >= 0.3 is 0 Å². The Balaban J connectivity index is 0.000000171. The number of phenols is 1. The fourth-order valence-corrected chi connectivity index (χ4v) is 2.56. The van der Waals surface area contributed by atoms with Crippen molar-refractivity contribution in [2.45, 2.75) is 0 Å². The summed E-state index contributed by atoms with van der Waals surface area (Å²) in [5.41, 5.74) is 0. The zero-order valence-electron chi connectivity index (χ0n) is 8.50. The van der Waals surface area contributed by atoms with Gasteiger partial charge < -0.3 is 5.11 Å². The van der Waals surface area contributed by atoms with Crippen LogP contribution in [0.25, 0.3) is 0 Å². The van der Waals surface area contributed by atoms with Crippen molar-refractivity contribution in [1.82, 2.24) is 0 Å². The minimum absolute atomic E-state index is 0.175. The van der Waals surface area contributed by atoms with E-state index < -0.39 is 0 Å². The van der Waals surface area contributed by atoms with E-state index >= 15 is 0 Å². The second-order valence-electron chi connectivity index (χ2n) is 3.07. The van der Waals surface area contributed by atoms with Crippen LogP contribution in [0, 0.1) is 0 Å². The molecular weight excluding hydrogens is 391 g/mol. The van der Waals surface area contributed by atoms with Crippen LogP contribution in [0.1, 0.15) is 0 Å². The molecule has 0 saturated carbocycles. The molecule has 2 aromatic carbocycles. The number of aromatic hydroxyl groups is 1. The summed E-state index contributed by atoms with van der Waals surface area (Å²) in [4.78, 5) is 0. The van der Waals surface area contributed by atoms with E-state index in [9.17, 15) is 0 Å². The fourth-order valence-electron chi connectivity index (χ4n) is 0.999. The van der Waals surface area contributed by atoms with Crippen molar-refractivity contribution in [1.29, 1.82) is 0 Å². The van der Waals surface area contributed by atoms with Gasteiger partial charge in [-0.15, -0.1) is 0 Å².